The average molecular weight is 315 g/mol. The number of imidazole rings is 1. The molecule has 4 rings (SSSR count). The third kappa shape index (κ3) is 2.03. The first kappa shape index (κ1) is 13.9. The van der Waals surface area contributed by atoms with E-state index in [1.54, 1.807) is 11.6 Å². The Morgan fingerprint density at radius 1 is 1.39 bits per heavy atom. The van der Waals surface area contributed by atoms with Gasteiger partial charge in [-0.05, 0) is 19.8 Å². The maximum Gasteiger partial charge on any atom is 0.269 e. The van der Waals surface area contributed by atoms with Crippen LogP contribution in [0.2, 0.25) is 0 Å². The number of nitrogens with zero attached hydrogens (tertiary/aromatic N) is 5. The number of carbonyl (C=O) groups excluding carboxylic acids is 2. The number of aromatic nitrogens is 5. The average Bonchev–Trinajstić information content (AvgIpc) is 3.12. The zero-order valence-corrected chi connectivity index (χ0v) is 12.9. The lowest BCUT2D eigenvalue weighted by atomic mass is 10.2. The van der Waals surface area contributed by atoms with E-state index in [-0.39, 0.29) is 11.8 Å². The van der Waals surface area contributed by atoms with Crippen molar-refractivity contribution in [2.24, 2.45) is 0 Å². The Kier molecular flexibility index (Phi) is 2.97. The van der Waals surface area contributed by atoms with Gasteiger partial charge < -0.3 is 15.2 Å². The van der Waals surface area contributed by atoms with Gasteiger partial charge in [0.15, 0.2) is 11.6 Å². The molecule has 0 bridgehead atoms. The molecular formula is C14H17N7O2. The first-order valence-electron chi connectivity index (χ1n) is 7.62. The van der Waals surface area contributed by atoms with E-state index in [4.69, 9.17) is 0 Å². The predicted molar refractivity (Wildman–Crippen MR) is 79.3 cm³/mol. The molecular weight excluding hydrogens is 298 g/mol. The van der Waals surface area contributed by atoms with Crippen LogP contribution in [0.25, 0.3) is 11.5 Å². The molecule has 0 radical (unpaired) electrons. The van der Waals surface area contributed by atoms with E-state index in [1.807, 2.05) is 11.8 Å². The van der Waals surface area contributed by atoms with Gasteiger partial charge in [0.25, 0.3) is 5.91 Å². The summed E-state index contributed by atoms with van der Waals surface area (Å²) in [7, 11) is 1.55. The van der Waals surface area contributed by atoms with E-state index < -0.39 is 6.04 Å². The van der Waals surface area contributed by atoms with Crippen molar-refractivity contribution < 1.29 is 9.59 Å². The third-order valence-electron chi connectivity index (χ3n) is 4.40. The number of amides is 2. The van der Waals surface area contributed by atoms with Crippen molar-refractivity contribution in [3.63, 3.8) is 0 Å². The predicted octanol–water partition coefficient (Wildman–Crippen LogP) is 0.0934. The van der Waals surface area contributed by atoms with Crippen LogP contribution < -0.4 is 5.32 Å². The summed E-state index contributed by atoms with van der Waals surface area (Å²) in [4.78, 5) is 33.4. The molecule has 2 aromatic heterocycles. The van der Waals surface area contributed by atoms with Crippen molar-refractivity contribution in [3.8, 4) is 11.5 Å². The SMILES string of the molecule is CNC(=O)c1[nH]cnc1-c1nnc2n1C(C)C(=O)N(C1CC1)C2. The number of hydrogen-bond acceptors (Lipinski definition) is 5. The van der Waals surface area contributed by atoms with Gasteiger partial charge in [-0.15, -0.1) is 10.2 Å². The summed E-state index contributed by atoms with van der Waals surface area (Å²) in [6.45, 7) is 2.29. The highest BCUT2D eigenvalue weighted by Gasteiger charge is 2.41. The summed E-state index contributed by atoms with van der Waals surface area (Å²) >= 11 is 0. The minimum atomic E-state index is -0.404. The van der Waals surface area contributed by atoms with Crippen LogP contribution in [0, 0.1) is 0 Å². The number of H-pyrrole nitrogens is 1. The van der Waals surface area contributed by atoms with Gasteiger partial charge in [-0.1, -0.05) is 0 Å². The van der Waals surface area contributed by atoms with Gasteiger partial charge >= 0.3 is 0 Å². The van der Waals surface area contributed by atoms with Gasteiger partial charge in [0, 0.05) is 13.1 Å². The number of aromatic amines is 1. The fourth-order valence-electron chi connectivity index (χ4n) is 3.04. The van der Waals surface area contributed by atoms with Crippen LogP contribution in [0.3, 0.4) is 0 Å². The Morgan fingerprint density at radius 3 is 2.87 bits per heavy atom. The monoisotopic (exact) mass is 315 g/mol. The summed E-state index contributed by atoms with van der Waals surface area (Å²) < 4.78 is 1.78. The molecule has 120 valence electrons. The highest BCUT2D eigenvalue weighted by atomic mass is 16.2. The summed E-state index contributed by atoms with van der Waals surface area (Å²) in [5.41, 5.74) is 0.717. The van der Waals surface area contributed by atoms with Crippen LogP contribution in [-0.2, 0) is 11.3 Å². The maximum absolute atomic E-state index is 12.6. The van der Waals surface area contributed by atoms with Crippen molar-refractivity contribution in [3.05, 3.63) is 17.8 Å². The molecule has 2 amide bonds. The van der Waals surface area contributed by atoms with Crippen LogP contribution in [0.1, 0.15) is 42.1 Å². The first-order valence-corrected chi connectivity index (χ1v) is 7.62. The van der Waals surface area contributed by atoms with Crippen molar-refractivity contribution >= 4 is 11.8 Å². The molecule has 1 saturated carbocycles. The van der Waals surface area contributed by atoms with Crippen LogP contribution in [-0.4, -0.2) is 54.5 Å². The normalized spacial score (nSPS) is 20.5. The Bertz CT molecular complexity index is 789. The van der Waals surface area contributed by atoms with Gasteiger partial charge in [0.05, 0.1) is 12.9 Å². The molecule has 3 heterocycles. The summed E-state index contributed by atoms with van der Waals surface area (Å²) in [5, 5.41) is 11.0. The zero-order chi connectivity index (χ0) is 16.1. The second-order valence-corrected chi connectivity index (χ2v) is 5.89. The Balaban J connectivity index is 1.78. The van der Waals surface area contributed by atoms with Gasteiger partial charge in [-0.2, -0.15) is 0 Å². The van der Waals surface area contributed by atoms with E-state index in [2.05, 4.69) is 25.5 Å². The van der Waals surface area contributed by atoms with Crippen LogP contribution in [0.5, 0.6) is 0 Å². The van der Waals surface area contributed by atoms with Crippen molar-refractivity contribution in [1.29, 1.82) is 0 Å². The molecule has 9 nitrogen and oxygen atoms in total. The third-order valence-corrected chi connectivity index (χ3v) is 4.40. The fourth-order valence-corrected chi connectivity index (χ4v) is 3.04. The van der Waals surface area contributed by atoms with Crippen molar-refractivity contribution in [1.82, 2.24) is 34.9 Å². The standard InChI is InChI=1S/C14H17N7O2/c1-7-14(23)20(8-3-4-8)5-9-18-19-12(21(7)9)10-11(13(22)15-2)17-6-16-10/h6-8H,3-5H2,1-2H3,(H,15,22)(H,16,17). The van der Waals surface area contributed by atoms with E-state index in [1.165, 1.54) is 6.33 Å². The largest absolute Gasteiger partial charge is 0.354 e. The molecule has 1 atom stereocenters. The minimum absolute atomic E-state index is 0.0677. The molecule has 1 aliphatic carbocycles. The first-order chi connectivity index (χ1) is 11.1. The molecule has 2 aliphatic rings. The van der Waals surface area contributed by atoms with Crippen LogP contribution in [0.4, 0.5) is 0 Å². The summed E-state index contributed by atoms with van der Waals surface area (Å²) in [6, 6.07) is -0.0655. The quantitative estimate of drug-likeness (QED) is 0.834. The second-order valence-electron chi connectivity index (χ2n) is 5.89. The number of fused-ring (bicyclic) bond motifs is 1. The number of nitrogens with one attached hydrogen (secondary N) is 2. The van der Waals surface area contributed by atoms with Crippen LogP contribution >= 0.6 is 0 Å². The molecule has 2 aromatic rings. The highest BCUT2D eigenvalue weighted by Crippen LogP contribution is 2.35. The fraction of sp³-hybridized carbons (Fsp3) is 0.500. The van der Waals surface area contributed by atoms with Crippen molar-refractivity contribution in [2.45, 2.75) is 38.4 Å². The highest BCUT2D eigenvalue weighted by molar-refractivity contribution is 5.97. The smallest absolute Gasteiger partial charge is 0.269 e. The van der Waals surface area contributed by atoms with E-state index >= 15 is 0 Å². The summed E-state index contributed by atoms with van der Waals surface area (Å²) in [5.74, 6) is 0.948. The van der Waals surface area contributed by atoms with Gasteiger partial charge in [0.1, 0.15) is 17.4 Å². The van der Waals surface area contributed by atoms with Gasteiger partial charge in [-0.25, -0.2) is 4.98 Å². The molecule has 1 fully saturated rings. The zero-order valence-electron chi connectivity index (χ0n) is 12.9. The molecule has 0 spiro atoms. The Labute approximate surface area is 132 Å². The molecule has 23 heavy (non-hydrogen) atoms. The number of carbonyl (C=O) groups is 2. The maximum atomic E-state index is 12.6. The topological polar surface area (TPSA) is 109 Å². The lowest BCUT2D eigenvalue weighted by Crippen LogP contribution is -2.43. The minimum Gasteiger partial charge on any atom is -0.354 e. The lowest BCUT2D eigenvalue weighted by Gasteiger charge is -2.32. The van der Waals surface area contributed by atoms with Crippen molar-refractivity contribution in [2.75, 3.05) is 7.05 Å². The van der Waals surface area contributed by atoms with E-state index in [0.717, 1.165) is 18.7 Å². The van der Waals surface area contributed by atoms with Gasteiger partial charge in [-0.3, -0.25) is 14.2 Å². The molecule has 2 N–H and O–H groups in total. The molecule has 0 aromatic carbocycles. The van der Waals surface area contributed by atoms with Crippen LogP contribution in [0.15, 0.2) is 6.33 Å². The Hall–Kier alpha value is -2.71. The van der Waals surface area contributed by atoms with Gasteiger partial charge in [0.2, 0.25) is 5.91 Å². The summed E-state index contributed by atoms with van der Waals surface area (Å²) in [6.07, 6.45) is 3.55. The molecule has 9 heteroatoms. The molecule has 0 saturated heterocycles. The second kappa shape index (κ2) is 4.90. The molecule has 1 unspecified atom stereocenters. The van der Waals surface area contributed by atoms with E-state index in [9.17, 15) is 9.59 Å². The molecule has 1 aliphatic heterocycles. The Morgan fingerprint density at radius 2 is 2.17 bits per heavy atom. The van der Waals surface area contributed by atoms with E-state index in [0.29, 0.717) is 29.8 Å². The lowest BCUT2D eigenvalue weighted by molar-refractivity contribution is -0.137. The number of hydrogen-bond donors (Lipinski definition) is 2. The number of rotatable bonds is 3.